The summed E-state index contributed by atoms with van der Waals surface area (Å²) in [5.41, 5.74) is 15.5. The molecule has 0 bridgehead atoms. The molecular formula is C90H118Br2N6O3S9Sn4. The molecule has 9 aromatic heterocycles. The molecule has 0 fully saturated rings. The van der Waals surface area contributed by atoms with Crippen molar-refractivity contribution in [2.45, 2.75) is 224 Å². The second-order valence-electron chi connectivity index (χ2n) is 33.7. The molecule has 0 spiro atoms. The van der Waals surface area contributed by atoms with Crippen LogP contribution in [-0.2, 0) is 0 Å². The van der Waals surface area contributed by atoms with Gasteiger partial charge in [0, 0.05) is 56.7 Å². The van der Waals surface area contributed by atoms with Gasteiger partial charge in [-0.3, -0.25) is 0 Å². The molecule has 0 saturated carbocycles. The summed E-state index contributed by atoms with van der Waals surface area (Å²) < 4.78 is 62.7. The third kappa shape index (κ3) is 24.0. The summed E-state index contributed by atoms with van der Waals surface area (Å²) in [5.74, 6) is 2.74. The van der Waals surface area contributed by atoms with E-state index in [1.807, 2.05) is 29.6 Å². The second kappa shape index (κ2) is 43.7. The molecule has 9 heterocycles. The van der Waals surface area contributed by atoms with E-state index < -0.39 is 73.5 Å². The van der Waals surface area contributed by atoms with Crippen molar-refractivity contribution in [3.05, 3.63) is 135 Å². The van der Waals surface area contributed by atoms with Crippen LogP contribution >= 0.6 is 135 Å². The molecule has 0 atom stereocenters. The number of benzene rings is 5. The van der Waals surface area contributed by atoms with Gasteiger partial charge in [-0.25, -0.2) is 0 Å². The zero-order valence-electron chi connectivity index (χ0n) is 69.6. The number of hydrogen-bond acceptors (Lipinski definition) is 18. The molecule has 14 rings (SSSR count). The van der Waals surface area contributed by atoms with E-state index in [-0.39, 0.29) is 7.43 Å². The van der Waals surface area contributed by atoms with Gasteiger partial charge < -0.3 is 14.2 Å². The Morgan fingerprint density at radius 2 is 0.640 bits per heavy atom. The average Bonchev–Trinajstić information content (AvgIpc) is 1.54. The zero-order chi connectivity index (χ0) is 80.8. The molecule has 5 aromatic carbocycles. The molecule has 0 amide bonds. The molecule has 9 nitrogen and oxygen atoms in total. The molecule has 0 saturated heterocycles. The number of unbranched alkanes of at least 4 members (excludes halogenated alkanes) is 15. The van der Waals surface area contributed by atoms with Gasteiger partial charge in [0.05, 0.1) is 75.1 Å². The summed E-state index contributed by atoms with van der Waals surface area (Å²) in [6.07, 6.45) is 22.2. The van der Waals surface area contributed by atoms with Crippen LogP contribution in [0.5, 0.6) is 17.2 Å². The first kappa shape index (κ1) is 94.1. The summed E-state index contributed by atoms with van der Waals surface area (Å²) in [6.45, 7) is 15.3. The third-order valence-electron chi connectivity index (χ3n) is 20.3. The van der Waals surface area contributed by atoms with Crippen LogP contribution in [0, 0.1) is 20.8 Å². The topological polar surface area (TPSA) is 105 Å². The van der Waals surface area contributed by atoms with Gasteiger partial charge in [0.1, 0.15) is 50.3 Å². The molecular weight excluding hydrogens is 2140 g/mol. The average molecular weight is 2260 g/mol. The van der Waals surface area contributed by atoms with Gasteiger partial charge in [-0.05, 0) is 107 Å². The molecule has 0 aliphatic carbocycles. The second-order valence-corrected chi connectivity index (χ2v) is 105. The van der Waals surface area contributed by atoms with Crippen molar-refractivity contribution in [3.63, 3.8) is 0 Å². The quantitative estimate of drug-likeness (QED) is 0.0294. The van der Waals surface area contributed by atoms with E-state index in [1.54, 1.807) is 32.3 Å². The SMILES string of the molecule is C.CCCCCCCCOc1c(C)c(-c2ccccc2)c2nsnc2c1-c1cc2sc(-c3c(C)c(OCCCCCCCC)c(-c4ccc(-c5ccccc5)s4)c4nsnc34)cc2s1.CCCCCCCCOc1c(C)c(Br)c2nsnc2c1Br.[CH3][Sn]([CH3])([CH3])[c]1cc2s[c]([Sn]([CH3])([CH3])[CH3])cc2s1.[CH3][Sn]([CH3])([CH3])[c]1cc[c]([Sn]([CH3])([CH3])[CH3])s1. The number of nitrogens with zero attached hydrogens (tertiary/aromatic N) is 6. The Labute approximate surface area is 750 Å². The van der Waals surface area contributed by atoms with Gasteiger partial charge in [0.15, 0.2) is 0 Å². The summed E-state index contributed by atoms with van der Waals surface area (Å²) in [6, 6.07) is 40.2. The van der Waals surface area contributed by atoms with Crippen molar-refractivity contribution in [2.75, 3.05) is 19.8 Å². The Balaban J connectivity index is 0.000000216. The number of thiophene rings is 6. The van der Waals surface area contributed by atoms with E-state index in [4.69, 9.17) is 31.7 Å². The van der Waals surface area contributed by atoms with Crippen LogP contribution in [0.2, 0.25) is 59.3 Å². The van der Waals surface area contributed by atoms with Crippen LogP contribution in [0.4, 0.5) is 0 Å². The zero-order valence-corrected chi connectivity index (χ0v) is 91.5. The minimum absolute atomic E-state index is 0. The van der Waals surface area contributed by atoms with Crippen molar-refractivity contribution in [3.8, 4) is 70.1 Å². The van der Waals surface area contributed by atoms with Crippen molar-refractivity contribution in [2.24, 2.45) is 0 Å². The summed E-state index contributed by atoms with van der Waals surface area (Å²) in [4.78, 5) is 34.8. The van der Waals surface area contributed by atoms with E-state index in [0.29, 0.717) is 13.2 Å². The Bertz CT molecular complexity index is 5260. The minimum atomic E-state index is -1.82. The number of aromatic nitrogens is 6. The van der Waals surface area contributed by atoms with Crippen LogP contribution < -0.4 is 25.8 Å². The molecule has 14 aromatic rings. The first-order valence-electron chi connectivity index (χ1n) is 40.6. The van der Waals surface area contributed by atoms with E-state index in [0.717, 1.165) is 139 Å². The van der Waals surface area contributed by atoms with E-state index in [1.165, 1.54) is 156 Å². The summed E-state index contributed by atoms with van der Waals surface area (Å²) in [7, 11) is 0. The van der Waals surface area contributed by atoms with Crippen LogP contribution in [0.1, 0.15) is 160 Å². The predicted molar refractivity (Wildman–Crippen MR) is 533 cm³/mol. The number of halogens is 2. The number of fused-ring (bicyclic) bond motifs is 5. The van der Waals surface area contributed by atoms with Gasteiger partial charge in [-0.15, -0.1) is 34.0 Å². The summed E-state index contributed by atoms with van der Waals surface area (Å²) >= 11 is 15.6. The van der Waals surface area contributed by atoms with Crippen molar-refractivity contribution >= 4 is 272 Å². The van der Waals surface area contributed by atoms with Gasteiger partial charge in [-0.1, -0.05) is 185 Å². The molecule has 114 heavy (non-hydrogen) atoms. The van der Waals surface area contributed by atoms with E-state index in [9.17, 15) is 0 Å². The first-order chi connectivity index (χ1) is 54.1. The molecule has 0 N–H and O–H groups in total. The van der Waals surface area contributed by atoms with Crippen molar-refractivity contribution in [1.82, 2.24) is 26.2 Å². The van der Waals surface area contributed by atoms with Gasteiger partial charge in [0.2, 0.25) is 0 Å². The van der Waals surface area contributed by atoms with Crippen molar-refractivity contribution in [1.29, 1.82) is 0 Å². The Hall–Kier alpha value is -2.17. The fraction of sp³-hybridized carbons (Fsp3) is 0.444. The Morgan fingerprint density at radius 3 is 1.07 bits per heavy atom. The first-order valence-corrected chi connectivity index (χ1v) is 89.2. The monoisotopic (exact) mass is 2260 g/mol. The van der Waals surface area contributed by atoms with Gasteiger partial charge >= 0.3 is 212 Å². The van der Waals surface area contributed by atoms with E-state index in [2.05, 4.69) is 278 Å². The van der Waals surface area contributed by atoms with Crippen LogP contribution in [0.15, 0.2) is 118 Å². The van der Waals surface area contributed by atoms with Gasteiger partial charge in [-0.2, -0.15) is 26.2 Å². The van der Waals surface area contributed by atoms with Crippen LogP contribution in [0.3, 0.4) is 0 Å². The fourth-order valence-electron chi connectivity index (χ4n) is 13.7. The normalized spacial score (nSPS) is 12.0. The Morgan fingerprint density at radius 1 is 0.298 bits per heavy atom. The third-order valence-corrected chi connectivity index (χ3v) is 68.2. The maximum absolute atomic E-state index is 6.90. The van der Waals surface area contributed by atoms with E-state index >= 15 is 0 Å². The maximum atomic E-state index is 6.90. The van der Waals surface area contributed by atoms with Crippen LogP contribution in [-0.4, -0.2) is 120 Å². The molecule has 24 heteroatoms. The molecule has 0 aliphatic rings. The molecule has 0 unspecified atom stereocenters. The number of hydrogen-bond donors (Lipinski definition) is 0. The predicted octanol–water partition coefficient (Wildman–Crippen LogP) is 31.3. The molecule has 610 valence electrons. The fourth-order valence-corrected chi connectivity index (χ4v) is 47.9. The van der Waals surface area contributed by atoms with Crippen LogP contribution in [0.25, 0.3) is 105 Å². The standard InChI is InChI=1S/C52H54N4O2S5.C15H20Br2N2OS.C6H2S2.C4H2S.CH4.12CH3.4Sn/c1-5-7-9-11-13-21-29-57-51-33(3)43(36-25-19-16-20-26-36)47-50(56-62-53-47)46(51)42-32-40-39(61-42)31-41(60-40)44-34(4)52(58-30-22-14-12-10-8-6-2)45(49-48(44)54-63-55-49)38-28-27-37(59-38)35-23-17-15-18-24-35;1-3-4-5-6-7-8-9-20-15-10(2)11(16)13-14(12(15)17)19-21-18-13;1-3-7-6-2-4-8-5(1)6;1-2-4-5-3-1;;;;;;;;;;;;;;;;;/h15-20,23-28,31-32H,5-14,21-22,29-30H2,1-4H3;3-9H2,1-2H3;1-2H;1-2H;1H4;12*1H3;;;;. The molecule has 0 aliphatic heterocycles. The number of ether oxygens (including phenoxy) is 3. The summed E-state index contributed by atoms with van der Waals surface area (Å²) in [5, 5.41) is 0. The Kier molecular flexibility index (Phi) is 36.1. The molecule has 0 radical (unpaired) electrons. The van der Waals surface area contributed by atoms with Gasteiger partial charge in [0.25, 0.3) is 0 Å². The van der Waals surface area contributed by atoms with Crippen molar-refractivity contribution < 1.29 is 14.2 Å². The number of rotatable bonds is 33.